The van der Waals surface area contributed by atoms with Crippen molar-refractivity contribution in [1.82, 2.24) is 4.98 Å². The summed E-state index contributed by atoms with van der Waals surface area (Å²) < 4.78 is 37.9. The number of halogens is 5. The van der Waals surface area contributed by atoms with E-state index in [1.165, 1.54) is 12.3 Å². The molecule has 2 rings (SSSR count). The van der Waals surface area contributed by atoms with Gasteiger partial charge in [-0.05, 0) is 29.3 Å². The van der Waals surface area contributed by atoms with Crippen molar-refractivity contribution in [2.75, 3.05) is 0 Å². The molecule has 1 heterocycles. The van der Waals surface area contributed by atoms with Crippen molar-refractivity contribution in [3.63, 3.8) is 0 Å². The lowest BCUT2D eigenvalue weighted by Gasteiger charge is -2.10. The van der Waals surface area contributed by atoms with Crippen LogP contribution >= 0.6 is 24.8 Å². The predicted octanol–water partition coefficient (Wildman–Crippen LogP) is 4.07. The molecule has 0 bridgehead atoms. The summed E-state index contributed by atoms with van der Waals surface area (Å²) in [5.74, 6) is 0. The molecule has 20 heavy (non-hydrogen) atoms. The fraction of sp³-hybridized carbons (Fsp3) is 0.154. The van der Waals surface area contributed by atoms with Crippen LogP contribution in [0, 0.1) is 0 Å². The summed E-state index contributed by atoms with van der Waals surface area (Å²) in [4.78, 5) is 3.92. The van der Waals surface area contributed by atoms with E-state index in [0.717, 1.165) is 17.7 Å². The minimum absolute atomic E-state index is 0. The number of pyridine rings is 1. The van der Waals surface area contributed by atoms with Crippen LogP contribution in [0.25, 0.3) is 11.1 Å². The van der Waals surface area contributed by atoms with Gasteiger partial charge in [-0.2, -0.15) is 13.2 Å². The Bertz CT molecular complexity index is 559. The highest BCUT2D eigenvalue weighted by Crippen LogP contribution is 2.32. The number of nitrogens with zero attached hydrogens (tertiary/aromatic N) is 1. The van der Waals surface area contributed by atoms with Gasteiger partial charge in [0.2, 0.25) is 0 Å². The molecule has 0 aliphatic carbocycles. The number of hydrogen-bond donors (Lipinski definition) is 1. The van der Waals surface area contributed by atoms with Crippen LogP contribution in [0.4, 0.5) is 13.2 Å². The first-order valence-corrected chi connectivity index (χ1v) is 5.33. The molecule has 2 N–H and O–H groups in total. The number of hydrogen-bond acceptors (Lipinski definition) is 2. The topological polar surface area (TPSA) is 38.9 Å². The van der Waals surface area contributed by atoms with Crippen molar-refractivity contribution in [3.05, 3.63) is 53.9 Å². The molecular formula is C13H13Cl2F3N2. The minimum atomic E-state index is -4.35. The zero-order valence-corrected chi connectivity index (χ0v) is 11.9. The number of rotatable bonds is 2. The molecule has 1 aromatic carbocycles. The van der Waals surface area contributed by atoms with E-state index < -0.39 is 11.7 Å². The summed E-state index contributed by atoms with van der Waals surface area (Å²) in [6, 6.07) is 6.85. The second-order valence-electron chi connectivity index (χ2n) is 3.82. The molecule has 0 unspecified atom stereocenters. The Morgan fingerprint density at radius 3 is 2.40 bits per heavy atom. The Morgan fingerprint density at radius 2 is 1.80 bits per heavy atom. The van der Waals surface area contributed by atoms with Gasteiger partial charge in [0.25, 0.3) is 0 Å². The SMILES string of the molecule is Cl.Cl.NCc1ccncc1-c1cccc(C(F)(F)F)c1. The first-order valence-electron chi connectivity index (χ1n) is 5.33. The molecule has 0 atom stereocenters. The molecule has 0 saturated heterocycles. The lowest BCUT2D eigenvalue weighted by Crippen LogP contribution is -2.05. The predicted molar refractivity (Wildman–Crippen MR) is 77.1 cm³/mol. The third kappa shape index (κ3) is 4.10. The Morgan fingerprint density at radius 1 is 1.10 bits per heavy atom. The van der Waals surface area contributed by atoms with E-state index in [9.17, 15) is 13.2 Å². The Kier molecular flexibility index (Phi) is 6.99. The van der Waals surface area contributed by atoms with Crippen molar-refractivity contribution in [3.8, 4) is 11.1 Å². The first kappa shape index (κ1) is 18.7. The van der Waals surface area contributed by atoms with Crippen molar-refractivity contribution in [2.24, 2.45) is 5.73 Å². The molecule has 0 radical (unpaired) electrons. The summed E-state index contributed by atoms with van der Waals surface area (Å²) >= 11 is 0. The molecule has 2 aromatic rings. The van der Waals surface area contributed by atoms with Crippen LogP contribution in [0.2, 0.25) is 0 Å². The van der Waals surface area contributed by atoms with Gasteiger partial charge >= 0.3 is 6.18 Å². The summed E-state index contributed by atoms with van der Waals surface area (Å²) in [6.45, 7) is 0.258. The van der Waals surface area contributed by atoms with Gasteiger partial charge in [0, 0.05) is 24.5 Å². The second kappa shape index (κ2) is 7.47. The third-order valence-corrected chi connectivity index (χ3v) is 2.63. The molecule has 110 valence electrons. The van der Waals surface area contributed by atoms with E-state index in [2.05, 4.69) is 4.98 Å². The zero-order valence-electron chi connectivity index (χ0n) is 10.2. The van der Waals surface area contributed by atoms with E-state index >= 15 is 0 Å². The molecule has 2 nitrogen and oxygen atoms in total. The van der Waals surface area contributed by atoms with Crippen molar-refractivity contribution < 1.29 is 13.2 Å². The monoisotopic (exact) mass is 324 g/mol. The van der Waals surface area contributed by atoms with Crippen LogP contribution in [-0.4, -0.2) is 4.98 Å². The maximum Gasteiger partial charge on any atom is 0.416 e. The van der Waals surface area contributed by atoms with Crippen LogP contribution in [0.1, 0.15) is 11.1 Å². The molecule has 0 aliphatic rings. The highest BCUT2D eigenvalue weighted by atomic mass is 35.5. The van der Waals surface area contributed by atoms with Crippen LogP contribution in [-0.2, 0) is 12.7 Å². The normalized spacial score (nSPS) is 10.4. The van der Waals surface area contributed by atoms with E-state index in [0.29, 0.717) is 11.1 Å². The number of alkyl halides is 3. The fourth-order valence-corrected chi connectivity index (χ4v) is 1.72. The molecule has 0 aliphatic heterocycles. The number of aromatic nitrogens is 1. The molecular weight excluding hydrogens is 312 g/mol. The van der Waals surface area contributed by atoms with Gasteiger partial charge in [0.15, 0.2) is 0 Å². The van der Waals surface area contributed by atoms with Crippen molar-refractivity contribution in [2.45, 2.75) is 12.7 Å². The fourth-order valence-electron chi connectivity index (χ4n) is 1.72. The number of benzene rings is 1. The van der Waals surface area contributed by atoms with E-state index in [1.54, 1.807) is 18.3 Å². The third-order valence-electron chi connectivity index (χ3n) is 2.63. The Labute approximate surface area is 127 Å². The maximum atomic E-state index is 12.6. The number of nitrogens with two attached hydrogens (primary N) is 1. The molecule has 0 fully saturated rings. The Hall–Kier alpha value is -1.30. The molecule has 0 amide bonds. The maximum absolute atomic E-state index is 12.6. The molecule has 0 saturated carbocycles. The average molecular weight is 325 g/mol. The van der Waals surface area contributed by atoms with Gasteiger partial charge in [-0.15, -0.1) is 24.8 Å². The lowest BCUT2D eigenvalue weighted by molar-refractivity contribution is -0.137. The molecule has 1 aromatic heterocycles. The van der Waals surface area contributed by atoms with Crippen molar-refractivity contribution >= 4 is 24.8 Å². The standard InChI is InChI=1S/C13H11F3N2.2ClH/c14-13(15,16)11-3-1-2-9(6-11)12-8-18-5-4-10(12)7-17;;/h1-6,8H,7,17H2;2*1H. The van der Waals surface area contributed by atoms with Gasteiger partial charge in [0.1, 0.15) is 0 Å². The smallest absolute Gasteiger partial charge is 0.326 e. The molecule has 7 heteroatoms. The quantitative estimate of drug-likeness (QED) is 0.904. The van der Waals surface area contributed by atoms with Gasteiger partial charge < -0.3 is 5.73 Å². The first-order chi connectivity index (χ1) is 8.52. The lowest BCUT2D eigenvalue weighted by atomic mass is 10.00. The summed E-state index contributed by atoms with van der Waals surface area (Å²) in [5, 5.41) is 0. The van der Waals surface area contributed by atoms with E-state index in [1.807, 2.05) is 0 Å². The van der Waals surface area contributed by atoms with Crippen LogP contribution < -0.4 is 5.73 Å². The Balaban J connectivity index is 0.00000180. The van der Waals surface area contributed by atoms with Crippen molar-refractivity contribution in [1.29, 1.82) is 0 Å². The van der Waals surface area contributed by atoms with E-state index in [4.69, 9.17) is 5.73 Å². The summed E-state index contributed by atoms with van der Waals surface area (Å²) in [6.07, 6.45) is -1.25. The highest BCUT2D eigenvalue weighted by molar-refractivity contribution is 5.85. The van der Waals surface area contributed by atoms with E-state index in [-0.39, 0.29) is 31.4 Å². The average Bonchev–Trinajstić information content (AvgIpc) is 2.38. The molecule has 0 spiro atoms. The van der Waals surface area contributed by atoms with Gasteiger partial charge in [-0.3, -0.25) is 4.98 Å². The summed E-state index contributed by atoms with van der Waals surface area (Å²) in [5.41, 5.74) is 6.76. The van der Waals surface area contributed by atoms with Gasteiger partial charge in [-0.25, -0.2) is 0 Å². The van der Waals surface area contributed by atoms with Gasteiger partial charge in [-0.1, -0.05) is 12.1 Å². The minimum Gasteiger partial charge on any atom is -0.326 e. The van der Waals surface area contributed by atoms with Crippen LogP contribution in [0.15, 0.2) is 42.7 Å². The van der Waals surface area contributed by atoms with Crippen LogP contribution in [0.5, 0.6) is 0 Å². The highest BCUT2D eigenvalue weighted by Gasteiger charge is 2.30. The largest absolute Gasteiger partial charge is 0.416 e. The van der Waals surface area contributed by atoms with Gasteiger partial charge in [0.05, 0.1) is 5.56 Å². The van der Waals surface area contributed by atoms with Crippen LogP contribution in [0.3, 0.4) is 0 Å². The summed E-state index contributed by atoms with van der Waals surface area (Å²) in [7, 11) is 0. The second-order valence-corrected chi connectivity index (χ2v) is 3.82. The zero-order chi connectivity index (χ0) is 13.2.